The Morgan fingerprint density at radius 1 is 1.33 bits per heavy atom. The van der Waals surface area contributed by atoms with Gasteiger partial charge in [-0.1, -0.05) is 0 Å². The summed E-state index contributed by atoms with van der Waals surface area (Å²) in [6.07, 6.45) is 5.78. The Bertz CT molecular complexity index is 285. The summed E-state index contributed by atoms with van der Waals surface area (Å²) in [5.74, 6) is 0. The van der Waals surface area contributed by atoms with Crippen molar-refractivity contribution in [1.29, 1.82) is 0 Å². The molecule has 0 aliphatic heterocycles. The Hall–Kier alpha value is -1.38. The maximum atomic E-state index is 4.89. The van der Waals surface area contributed by atoms with Gasteiger partial charge in [0.25, 0.3) is 0 Å². The molecule has 0 amide bonds. The van der Waals surface area contributed by atoms with Crippen molar-refractivity contribution in [3.63, 3.8) is 0 Å². The van der Waals surface area contributed by atoms with E-state index >= 15 is 0 Å². The standard InChI is InChI=1S/C6H3N2O/c1-2-9-6-4-8-7-3-5(1)6/h1,3-4H. The van der Waals surface area contributed by atoms with E-state index in [0.717, 1.165) is 11.0 Å². The summed E-state index contributed by atoms with van der Waals surface area (Å²) in [5, 5.41) is 8.21. The monoisotopic (exact) mass is 119 g/mol. The largest absolute Gasteiger partial charge is 0.451 e. The first kappa shape index (κ1) is 4.49. The molecule has 2 aromatic rings. The van der Waals surface area contributed by atoms with E-state index in [1.54, 1.807) is 18.5 Å². The lowest BCUT2D eigenvalue weighted by molar-refractivity contribution is 0.603. The lowest BCUT2D eigenvalue weighted by atomic mass is 10.4. The van der Waals surface area contributed by atoms with Gasteiger partial charge in [-0.3, -0.25) is 0 Å². The van der Waals surface area contributed by atoms with Crippen LogP contribution < -0.4 is 0 Å². The first-order chi connectivity index (χ1) is 4.47. The number of nitrogens with zero attached hydrogens (tertiary/aromatic N) is 2. The smallest absolute Gasteiger partial charge is 0.170 e. The summed E-state index contributed by atoms with van der Waals surface area (Å²) >= 11 is 0. The molecule has 43 valence electrons. The normalized spacial score (nSPS) is 10.2. The minimum atomic E-state index is 0.727. The van der Waals surface area contributed by atoms with Crippen LogP contribution in [0.3, 0.4) is 0 Å². The van der Waals surface area contributed by atoms with Crippen LogP contribution in [0.1, 0.15) is 0 Å². The van der Waals surface area contributed by atoms with E-state index in [1.165, 1.54) is 0 Å². The van der Waals surface area contributed by atoms with Crippen molar-refractivity contribution >= 4 is 11.0 Å². The van der Waals surface area contributed by atoms with Crippen molar-refractivity contribution in [3.8, 4) is 0 Å². The molecule has 0 unspecified atom stereocenters. The van der Waals surface area contributed by atoms with E-state index in [0.29, 0.717) is 0 Å². The quantitative estimate of drug-likeness (QED) is 0.519. The minimum Gasteiger partial charge on any atom is -0.451 e. The van der Waals surface area contributed by atoms with E-state index in [1.807, 2.05) is 0 Å². The molecule has 2 heterocycles. The van der Waals surface area contributed by atoms with Crippen molar-refractivity contribution in [2.24, 2.45) is 0 Å². The number of aromatic nitrogens is 2. The van der Waals surface area contributed by atoms with E-state index < -0.39 is 0 Å². The summed E-state index contributed by atoms with van der Waals surface area (Å²) in [7, 11) is 0. The highest BCUT2D eigenvalue weighted by Gasteiger charge is 1.92. The molecule has 0 bridgehead atoms. The van der Waals surface area contributed by atoms with Gasteiger partial charge in [0.2, 0.25) is 0 Å². The molecule has 2 rings (SSSR count). The molecule has 0 fully saturated rings. The molecule has 3 nitrogen and oxygen atoms in total. The average Bonchev–Trinajstić information content (AvgIpc) is 2.33. The van der Waals surface area contributed by atoms with Crippen LogP contribution in [0.2, 0.25) is 0 Å². The SMILES string of the molecule is [c]1cc2cnncc2o1. The predicted molar refractivity (Wildman–Crippen MR) is 30.6 cm³/mol. The van der Waals surface area contributed by atoms with Gasteiger partial charge in [-0.15, -0.1) is 0 Å². The van der Waals surface area contributed by atoms with Crippen molar-refractivity contribution in [2.45, 2.75) is 0 Å². The molecule has 0 atom stereocenters. The van der Waals surface area contributed by atoms with Crippen LogP contribution in [0.15, 0.2) is 22.9 Å². The van der Waals surface area contributed by atoms with Gasteiger partial charge in [-0.05, 0) is 6.07 Å². The Kier molecular flexibility index (Phi) is 0.773. The van der Waals surface area contributed by atoms with Crippen LogP contribution in [-0.4, -0.2) is 10.2 Å². The molecule has 1 radical (unpaired) electrons. The molecular formula is C6H3N2O. The fourth-order valence-corrected chi connectivity index (χ4v) is 0.670. The van der Waals surface area contributed by atoms with Crippen LogP contribution in [-0.2, 0) is 0 Å². The van der Waals surface area contributed by atoms with Crippen LogP contribution in [0, 0.1) is 6.26 Å². The topological polar surface area (TPSA) is 38.9 Å². The van der Waals surface area contributed by atoms with Crippen LogP contribution >= 0.6 is 0 Å². The van der Waals surface area contributed by atoms with Crippen LogP contribution in [0.25, 0.3) is 11.0 Å². The number of rotatable bonds is 0. The van der Waals surface area contributed by atoms with E-state index in [4.69, 9.17) is 4.42 Å². The number of fused-ring (bicyclic) bond motifs is 1. The van der Waals surface area contributed by atoms with Crippen molar-refractivity contribution in [2.75, 3.05) is 0 Å². The molecular weight excluding hydrogens is 116 g/mol. The van der Waals surface area contributed by atoms with Gasteiger partial charge in [0.1, 0.15) is 0 Å². The van der Waals surface area contributed by atoms with Gasteiger partial charge in [0.05, 0.1) is 12.4 Å². The fourth-order valence-electron chi connectivity index (χ4n) is 0.670. The molecule has 2 aromatic heterocycles. The lowest BCUT2D eigenvalue weighted by Gasteiger charge is -1.79. The van der Waals surface area contributed by atoms with Crippen molar-refractivity contribution < 1.29 is 4.42 Å². The molecule has 0 aromatic carbocycles. The summed E-state index contributed by atoms with van der Waals surface area (Å²) < 4.78 is 4.89. The predicted octanol–water partition coefficient (Wildman–Crippen LogP) is 1.02. The third-order valence-corrected chi connectivity index (χ3v) is 1.11. The van der Waals surface area contributed by atoms with Crippen LogP contribution in [0.4, 0.5) is 0 Å². The first-order valence-corrected chi connectivity index (χ1v) is 2.53. The van der Waals surface area contributed by atoms with Crippen molar-refractivity contribution in [1.82, 2.24) is 10.2 Å². The summed E-state index contributed by atoms with van der Waals surface area (Å²) in [4.78, 5) is 0. The lowest BCUT2D eigenvalue weighted by Crippen LogP contribution is -1.73. The third-order valence-electron chi connectivity index (χ3n) is 1.11. The molecule has 9 heavy (non-hydrogen) atoms. The molecule has 0 aliphatic carbocycles. The second-order valence-electron chi connectivity index (χ2n) is 1.67. The Balaban J connectivity index is 2.95. The van der Waals surface area contributed by atoms with E-state index in [9.17, 15) is 0 Å². The third kappa shape index (κ3) is 0.579. The molecule has 3 heteroatoms. The van der Waals surface area contributed by atoms with E-state index in [-0.39, 0.29) is 0 Å². The maximum absolute atomic E-state index is 4.89. The minimum absolute atomic E-state index is 0.727. The van der Waals surface area contributed by atoms with Crippen molar-refractivity contribution in [3.05, 3.63) is 24.7 Å². The summed E-state index contributed by atoms with van der Waals surface area (Å²) in [6, 6.07) is 1.73. The second-order valence-corrected chi connectivity index (χ2v) is 1.67. The van der Waals surface area contributed by atoms with E-state index in [2.05, 4.69) is 16.5 Å². The maximum Gasteiger partial charge on any atom is 0.170 e. The van der Waals surface area contributed by atoms with Gasteiger partial charge in [-0.25, -0.2) is 0 Å². The first-order valence-electron chi connectivity index (χ1n) is 2.53. The van der Waals surface area contributed by atoms with Gasteiger partial charge in [0.15, 0.2) is 11.8 Å². The zero-order chi connectivity index (χ0) is 6.10. The second kappa shape index (κ2) is 1.55. The number of hydrogen-bond donors (Lipinski definition) is 0. The number of furan rings is 1. The zero-order valence-electron chi connectivity index (χ0n) is 4.53. The highest BCUT2D eigenvalue weighted by Crippen LogP contribution is 2.09. The van der Waals surface area contributed by atoms with Gasteiger partial charge < -0.3 is 4.42 Å². The molecule has 0 saturated heterocycles. The highest BCUT2D eigenvalue weighted by atomic mass is 16.3. The Labute approximate surface area is 51.3 Å². The molecule has 0 aliphatic rings. The van der Waals surface area contributed by atoms with Crippen LogP contribution in [0.5, 0.6) is 0 Å². The number of hydrogen-bond acceptors (Lipinski definition) is 3. The Morgan fingerprint density at radius 2 is 2.22 bits per heavy atom. The fraction of sp³-hybridized carbons (Fsp3) is 0. The van der Waals surface area contributed by atoms with Gasteiger partial charge in [0, 0.05) is 5.39 Å². The molecule has 0 spiro atoms. The van der Waals surface area contributed by atoms with Gasteiger partial charge >= 0.3 is 0 Å². The summed E-state index contributed by atoms with van der Waals surface area (Å²) in [6.45, 7) is 0. The summed E-state index contributed by atoms with van der Waals surface area (Å²) in [5.41, 5.74) is 0.727. The molecule has 0 saturated carbocycles. The highest BCUT2D eigenvalue weighted by molar-refractivity contribution is 5.74. The Morgan fingerprint density at radius 3 is 3.11 bits per heavy atom. The zero-order valence-corrected chi connectivity index (χ0v) is 4.53. The molecule has 0 N–H and O–H groups in total. The van der Waals surface area contributed by atoms with Gasteiger partial charge in [-0.2, -0.15) is 10.2 Å². The average molecular weight is 119 g/mol.